The number of esters is 2. The van der Waals surface area contributed by atoms with E-state index in [1.165, 1.54) is 19.1 Å². The summed E-state index contributed by atoms with van der Waals surface area (Å²) in [4.78, 5) is 40.4. The van der Waals surface area contributed by atoms with Crippen LogP contribution < -0.4 is 16.0 Å². The molecule has 1 saturated heterocycles. The van der Waals surface area contributed by atoms with Gasteiger partial charge in [0.2, 0.25) is 0 Å². The Labute approximate surface area is 211 Å². The zero-order valence-corrected chi connectivity index (χ0v) is 19.9. The van der Waals surface area contributed by atoms with Crippen LogP contribution in [0.2, 0.25) is 0 Å². The highest BCUT2D eigenvalue weighted by Crippen LogP contribution is 2.47. The van der Waals surface area contributed by atoms with Crippen LogP contribution in [0.3, 0.4) is 0 Å². The van der Waals surface area contributed by atoms with Crippen molar-refractivity contribution in [3.8, 4) is 6.07 Å². The third kappa shape index (κ3) is 3.54. The van der Waals surface area contributed by atoms with Crippen molar-refractivity contribution < 1.29 is 33.3 Å². The lowest BCUT2D eigenvalue weighted by atomic mass is 9.81. The summed E-state index contributed by atoms with van der Waals surface area (Å²) in [6.45, 7) is 0.417. The second kappa shape index (κ2) is 9.09. The van der Waals surface area contributed by atoms with Gasteiger partial charge in [0.25, 0.3) is 11.7 Å². The maximum Gasteiger partial charge on any atom is 0.355 e. The molecule has 3 N–H and O–H groups in total. The summed E-state index contributed by atoms with van der Waals surface area (Å²) >= 11 is 0. The van der Waals surface area contributed by atoms with Crippen LogP contribution >= 0.6 is 0 Å². The van der Waals surface area contributed by atoms with E-state index in [1.54, 1.807) is 48.5 Å². The minimum Gasteiger partial charge on any atom is -0.466 e. The summed E-state index contributed by atoms with van der Waals surface area (Å²) in [7, 11) is 2.34. The molecule has 5 rings (SSSR count). The van der Waals surface area contributed by atoms with Crippen LogP contribution in [0, 0.1) is 11.3 Å². The fourth-order valence-corrected chi connectivity index (χ4v) is 4.86. The van der Waals surface area contributed by atoms with Crippen molar-refractivity contribution in [1.29, 1.82) is 5.26 Å². The Balaban J connectivity index is 1.78. The Morgan fingerprint density at radius 2 is 1.78 bits per heavy atom. The van der Waals surface area contributed by atoms with E-state index < -0.39 is 29.6 Å². The van der Waals surface area contributed by atoms with Crippen molar-refractivity contribution in [3.63, 3.8) is 0 Å². The number of hydrogen-bond acceptors (Lipinski definition) is 10. The molecule has 37 heavy (non-hydrogen) atoms. The molecular weight excluding hydrogens is 480 g/mol. The van der Waals surface area contributed by atoms with E-state index in [1.807, 2.05) is 0 Å². The molecule has 0 bridgehead atoms. The molecule has 2 aromatic carbocycles. The Hall–Kier alpha value is -4.66. The fourth-order valence-electron chi connectivity index (χ4n) is 4.86. The van der Waals surface area contributed by atoms with Gasteiger partial charge in [0.15, 0.2) is 0 Å². The topological polar surface area (TPSA) is 153 Å². The van der Waals surface area contributed by atoms with Gasteiger partial charge in [0, 0.05) is 11.3 Å². The number of nitrogens with two attached hydrogens (primary N) is 1. The number of amides is 1. The van der Waals surface area contributed by atoms with Gasteiger partial charge < -0.3 is 30.0 Å². The minimum atomic E-state index is -1.65. The molecule has 1 fully saturated rings. The predicted octanol–water partition coefficient (Wildman–Crippen LogP) is 1.74. The van der Waals surface area contributed by atoms with Crippen LogP contribution in [0.4, 0.5) is 11.4 Å². The van der Waals surface area contributed by atoms with E-state index in [-0.39, 0.29) is 41.6 Å². The second-order valence-electron chi connectivity index (χ2n) is 8.33. The lowest BCUT2D eigenvalue weighted by Gasteiger charge is -2.36. The van der Waals surface area contributed by atoms with Crippen molar-refractivity contribution in [3.05, 3.63) is 82.3 Å². The van der Waals surface area contributed by atoms with Gasteiger partial charge in [-0.25, -0.2) is 9.59 Å². The Morgan fingerprint density at radius 1 is 1.11 bits per heavy atom. The number of carbonyl (C=O) groups is 3. The van der Waals surface area contributed by atoms with Crippen LogP contribution in [0.25, 0.3) is 0 Å². The number of anilines is 2. The van der Waals surface area contributed by atoms with E-state index >= 15 is 0 Å². The van der Waals surface area contributed by atoms with Crippen molar-refractivity contribution in [2.45, 2.75) is 11.7 Å². The number of nitrogens with zero attached hydrogens (tertiary/aromatic N) is 2. The highest BCUT2D eigenvalue weighted by atomic mass is 16.7. The lowest BCUT2D eigenvalue weighted by molar-refractivity contribution is -0.178. The number of nitriles is 1. The number of fused-ring (bicyclic) bond motifs is 2. The molecule has 3 aliphatic heterocycles. The highest BCUT2D eigenvalue weighted by Gasteiger charge is 2.53. The van der Waals surface area contributed by atoms with Gasteiger partial charge in [-0.1, -0.05) is 30.3 Å². The smallest absolute Gasteiger partial charge is 0.355 e. The van der Waals surface area contributed by atoms with Gasteiger partial charge in [0.05, 0.1) is 56.3 Å². The van der Waals surface area contributed by atoms with Crippen LogP contribution in [-0.2, 0) is 39.1 Å². The molecule has 1 atom stereocenters. The summed E-state index contributed by atoms with van der Waals surface area (Å²) in [5.41, 5.74) is 7.87. The fraction of sp³-hybridized carbons (Fsp3) is 0.231. The van der Waals surface area contributed by atoms with E-state index in [0.717, 1.165) is 0 Å². The molecule has 3 heterocycles. The van der Waals surface area contributed by atoms with Crippen LogP contribution in [0.1, 0.15) is 17.0 Å². The minimum absolute atomic E-state index is 0.0250. The number of methoxy groups -OCH3 is 2. The van der Waals surface area contributed by atoms with E-state index in [9.17, 15) is 19.6 Å². The van der Waals surface area contributed by atoms with Crippen molar-refractivity contribution in [2.24, 2.45) is 5.73 Å². The molecule has 1 unspecified atom stereocenters. The Bertz CT molecular complexity index is 1420. The zero-order valence-electron chi connectivity index (χ0n) is 19.9. The van der Waals surface area contributed by atoms with Gasteiger partial charge >= 0.3 is 11.9 Å². The largest absolute Gasteiger partial charge is 0.466 e. The molecule has 188 valence electrons. The Morgan fingerprint density at radius 3 is 2.41 bits per heavy atom. The first-order valence-electron chi connectivity index (χ1n) is 11.3. The van der Waals surface area contributed by atoms with Crippen molar-refractivity contribution in [1.82, 2.24) is 0 Å². The van der Waals surface area contributed by atoms with E-state index in [4.69, 9.17) is 24.7 Å². The van der Waals surface area contributed by atoms with Gasteiger partial charge in [0.1, 0.15) is 11.5 Å². The maximum atomic E-state index is 13.2. The van der Waals surface area contributed by atoms with Crippen LogP contribution in [-0.4, -0.2) is 45.3 Å². The standard InChI is InChI=1S/C26H22N4O7/c1-34-23(31)20-19(14-6-4-3-5-7-14)16(13-27)22(28)30(21(20)24(32)35-2)15-8-9-18-17(12-15)26(25(33)29-18)36-10-11-37-26/h3-9,12,19H,10-11,28H2,1-2H3,(H,29,33). The summed E-state index contributed by atoms with van der Waals surface area (Å²) in [6.07, 6.45) is 0. The molecule has 11 heteroatoms. The number of rotatable bonds is 4. The Kier molecular flexibility index (Phi) is 5.91. The molecule has 3 aliphatic rings. The van der Waals surface area contributed by atoms with E-state index in [0.29, 0.717) is 16.8 Å². The number of benzene rings is 2. The zero-order chi connectivity index (χ0) is 26.3. The molecule has 11 nitrogen and oxygen atoms in total. The van der Waals surface area contributed by atoms with Crippen LogP contribution in [0.5, 0.6) is 0 Å². The molecule has 0 aliphatic carbocycles. The number of nitrogens with one attached hydrogen (secondary N) is 1. The first kappa shape index (κ1) is 24.1. The molecule has 0 radical (unpaired) electrons. The molecule has 1 spiro atoms. The first-order chi connectivity index (χ1) is 17.9. The maximum absolute atomic E-state index is 13.2. The summed E-state index contributed by atoms with van der Waals surface area (Å²) in [5, 5.41) is 12.9. The summed E-state index contributed by atoms with van der Waals surface area (Å²) < 4.78 is 21.4. The average Bonchev–Trinajstić information content (AvgIpc) is 3.53. The quantitative estimate of drug-likeness (QED) is 0.591. The molecular formula is C26H22N4O7. The van der Waals surface area contributed by atoms with Gasteiger partial charge in [-0.05, 0) is 23.8 Å². The van der Waals surface area contributed by atoms with Crippen molar-refractivity contribution in [2.75, 3.05) is 37.7 Å². The summed E-state index contributed by atoms with van der Waals surface area (Å²) in [6, 6.07) is 15.5. The molecule has 0 saturated carbocycles. The second-order valence-corrected chi connectivity index (χ2v) is 8.33. The number of allylic oxidation sites excluding steroid dienone is 1. The molecule has 2 aromatic rings. The van der Waals surface area contributed by atoms with Gasteiger partial charge in [-0.2, -0.15) is 5.26 Å². The summed E-state index contributed by atoms with van der Waals surface area (Å²) in [5.74, 6) is -4.93. The average molecular weight is 502 g/mol. The first-order valence-corrected chi connectivity index (χ1v) is 11.3. The molecule has 0 aromatic heterocycles. The third-order valence-electron chi connectivity index (χ3n) is 6.47. The number of ether oxygens (including phenoxy) is 4. The third-order valence-corrected chi connectivity index (χ3v) is 6.47. The normalized spacial score (nSPS) is 20.0. The SMILES string of the molecule is COC(=O)C1=C(C(=O)OC)N(c2ccc3c(c2)C2(OCCO2)C(=O)N3)C(N)=C(C#N)C1c1ccccc1. The van der Waals surface area contributed by atoms with Crippen molar-refractivity contribution >= 4 is 29.2 Å². The predicted molar refractivity (Wildman–Crippen MR) is 128 cm³/mol. The molecule has 1 amide bonds. The number of carbonyl (C=O) groups excluding carboxylic acids is 3. The number of hydrogen-bond donors (Lipinski definition) is 2. The highest BCUT2D eigenvalue weighted by molar-refractivity contribution is 6.07. The lowest BCUT2D eigenvalue weighted by Crippen LogP contribution is -2.41. The monoisotopic (exact) mass is 502 g/mol. The van der Waals surface area contributed by atoms with Gasteiger partial charge in [-0.3, -0.25) is 9.69 Å². The van der Waals surface area contributed by atoms with E-state index in [2.05, 4.69) is 11.4 Å². The van der Waals surface area contributed by atoms with Gasteiger partial charge in [-0.15, -0.1) is 0 Å². The van der Waals surface area contributed by atoms with Crippen LogP contribution in [0.15, 0.2) is 71.2 Å².